The second-order valence-electron chi connectivity index (χ2n) is 9.28. The van der Waals surface area contributed by atoms with Gasteiger partial charge in [-0.3, -0.25) is 9.78 Å². The minimum absolute atomic E-state index is 0.125. The number of fused-ring (bicyclic) bond motifs is 1. The first kappa shape index (κ1) is 26.8. The van der Waals surface area contributed by atoms with Crippen LogP contribution in [0.5, 0.6) is 5.75 Å². The Labute approximate surface area is 230 Å². The molecule has 40 heavy (non-hydrogen) atoms. The van der Waals surface area contributed by atoms with Crippen LogP contribution < -0.4 is 14.5 Å². The topological polar surface area (TPSA) is 72.0 Å². The van der Waals surface area contributed by atoms with Crippen LogP contribution in [0.2, 0.25) is 0 Å². The predicted molar refractivity (Wildman–Crippen MR) is 146 cm³/mol. The normalized spacial score (nSPS) is 13.1. The molecule has 1 aliphatic rings. The summed E-state index contributed by atoms with van der Waals surface area (Å²) in [6.07, 6.45) is 3.32. The van der Waals surface area contributed by atoms with Gasteiger partial charge in [0.2, 0.25) is 0 Å². The Morgan fingerprint density at radius 3 is 2.23 bits per heavy atom. The minimum Gasteiger partial charge on any atom is -0.491 e. The quantitative estimate of drug-likeness (QED) is 0.306. The van der Waals surface area contributed by atoms with Crippen LogP contribution in [-0.4, -0.2) is 44.2 Å². The highest BCUT2D eigenvalue weighted by Crippen LogP contribution is 2.46. The molecule has 0 N–H and O–H groups in total. The summed E-state index contributed by atoms with van der Waals surface area (Å²) in [5, 5.41) is 0. The number of ether oxygens (including phenoxy) is 2. The number of carbonyl (C=O) groups excluding carboxylic acids is 2. The molecule has 3 aromatic carbocycles. The lowest BCUT2D eigenvalue weighted by Gasteiger charge is -2.46. The van der Waals surface area contributed by atoms with Crippen LogP contribution in [0.15, 0.2) is 91.3 Å². The Balaban J connectivity index is 1.83. The lowest BCUT2D eigenvalue weighted by molar-refractivity contribution is -0.122. The fourth-order valence-electron chi connectivity index (χ4n) is 5.21. The fraction of sp³-hybridized carbons (Fsp3) is 0.194. The van der Waals surface area contributed by atoms with Crippen molar-refractivity contribution >= 4 is 23.3 Å². The van der Waals surface area contributed by atoms with Crippen LogP contribution in [0.1, 0.15) is 27.9 Å². The summed E-state index contributed by atoms with van der Waals surface area (Å²) >= 11 is 0. The summed E-state index contributed by atoms with van der Waals surface area (Å²) in [6.45, 7) is 0.520. The third kappa shape index (κ3) is 4.53. The predicted octanol–water partition coefficient (Wildman–Crippen LogP) is 5.34. The largest absolute Gasteiger partial charge is 0.491 e. The third-order valence-electron chi connectivity index (χ3n) is 7.05. The van der Waals surface area contributed by atoms with E-state index in [1.807, 2.05) is 60.7 Å². The molecule has 0 atom stereocenters. The summed E-state index contributed by atoms with van der Waals surface area (Å²) in [7, 11) is 2.81. The Hall–Kier alpha value is -4.79. The van der Waals surface area contributed by atoms with E-state index in [1.54, 1.807) is 11.9 Å². The second-order valence-corrected chi connectivity index (χ2v) is 9.28. The summed E-state index contributed by atoms with van der Waals surface area (Å²) in [6, 6.07) is 21.7. The summed E-state index contributed by atoms with van der Waals surface area (Å²) in [4.78, 5) is 35.0. The van der Waals surface area contributed by atoms with Gasteiger partial charge in [-0.25, -0.2) is 13.6 Å². The highest BCUT2D eigenvalue weighted by Gasteiger charge is 2.51. The number of carbonyl (C=O) groups is 2. The highest BCUT2D eigenvalue weighted by atomic mass is 19.2. The van der Waals surface area contributed by atoms with Crippen molar-refractivity contribution in [3.8, 4) is 5.75 Å². The number of rotatable bonds is 6. The van der Waals surface area contributed by atoms with Gasteiger partial charge in [-0.15, -0.1) is 0 Å². The molecule has 0 unspecified atom stereocenters. The van der Waals surface area contributed by atoms with Gasteiger partial charge in [0.25, 0.3) is 5.91 Å². The molecule has 1 amide bonds. The maximum absolute atomic E-state index is 15.1. The SMILES string of the molecule is COC(=O)c1ccncc1N(C)C(=O)C(c1ccccc1)(c1ccccc1)N1CCCOc2cc(F)c(F)cc21. The van der Waals surface area contributed by atoms with E-state index >= 15 is 4.79 Å². The molecule has 9 heteroatoms. The standard InChI is InChI=1S/C31H27F2N3O4/c1-35(27-20-34-15-14-23(27)29(37)39-2)30(38)31(21-10-5-3-6-11-21,22-12-7-4-8-13-22)36-16-9-17-40-28-19-25(33)24(32)18-26(28)36/h3-8,10-15,18-20H,9,16-17H2,1-2H3. The first-order valence-electron chi connectivity index (χ1n) is 12.7. The van der Waals surface area contributed by atoms with E-state index in [0.717, 1.165) is 12.1 Å². The number of nitrogens with zero attached hydrogens (tertiary/aromatic N) is 3. The minimum atomic E-state index is -1.59. The molecule has 4 aromatic rings. The second kappa shape index (κ2) is 11.1. The van der Waals surface area contributed by atoms with E-state index in [1.165, 1.54) is 30.5 Å². The molecule has 0 bridgehead atoms. The average Bonchev–Trinajstić information content (AvgIpc) is 3.20. The monoisotopic (exact) mass is 543 g/mol. The number of hydrogen-bond acceptors (Lipinski definition) is 6. The van der Waals surface area contributed by atoms with Gasteiger partial charge in [-0.2, -0.15) is 0 Å². The molecule has 2 heterocycles. The van der Waals surface area contributed by atoms with Crippen LogP contribution >= 0.6 is 0 Å². The molecule has 0 radical (unpaired) electrons. The van der Waals surface area contributed by atoms with Crippen molar-refractivity contribution in [1.29, 1.82) is 0 Å². The number of benzene rings is 3. The highest BCUT2D eigenvalue weighted by molar-refractivity contribution is 6.09. The number of aromatic nitrogens is 1. The zero-order valence-corrected chi connectivity index (χ0v) is 22.0. The first-order valence-corrected chi connectivity index (χ1v) is 12.7. The molecule has 1 aliphatic heterocycles. The first-order chi connectivity index (χ1) is 19.4. The fourth-order valence-corrected chi connectivity index (χ4v) is 5.21. The van der Waals surface area contributed by atoms with Gasteiger partial charge in [-0.05, 0) is 23.6 Å². The van der Waals surface area contributed by atoms with Crippen molar-refractivity contribution in [2.24, 2.45) is 0 Å². The van der Waals surface area contributed by atoms with Gasteiger partial charge in [0.1, 0.15) is 5.75 Å². The Kier molecular flexibility index (Phi) is 7.46. The zero-order valence-electron chi connectivity index (χ0n) is 22.0. The molecule has 0 saturated heterocycles. The Bertz CT molecular complexity index is 1490. The number of likely N-dealkylation sites (N-methyl/N-ethyl adjacent to an activating group) is 1. The van der Waals surface area contributed by atoms with E-state index in [4.69, 9.17) is 9.47 Å². The Morgan fingerprint density at radius 2 is 1.60 bits per heavy atom. The van der Waals surface area contributed by atoms with Gasteiger partial charge < -0.3 is 19.3 Å². The molecular weight excluding hydrogens is 516 g/mol. The molecule has 0 saturated carbocycles. The van der Waals surface area contributed by atoms with E-state index in [-0.39, 0.29) is 35.8 Å². The molecule has 204 valence electrons. The molecule has 0 fully saturated rings. The Morgan fingerprint density at radius 1 is 0.975 bits per heavy atom. The summed E-state index contributed by atoms with van der Waals surface area (Å²) in [5.74, 6) is -3.08. The van der Waals surface area contributed by atoms with Gasteiger partial charge in [0.15, 0.2) is 17.2 Å². The molecule has 0 aliphatic carbocycles. The van der Waals surface area contributed by atoms with E-state index in [0.29, 0.717) is 17.5 Å². The van der Waals surface area contributed by atoms with Crippen molar-refractivity contribution in [2.75, 3.05) is 37.1 Å². The number of hydrogen-bond donors (Lipinski definition) is 0. The van der Waals surface area contributed by atoms with Crippen LogP contribution in [0.3, 0.4) is 0 Å². The van der Waals surface area contributed by atoms with Crippen molar-refractivity contribution in [2.45, 2.75) is 12.0 Å². The average molecular weight is 544 g/mol. The lowest BCUT2D eigenvalue weighted by Crippen LogP contribution is -2.58. The van der Waals surface area contributed by atoms with E-state index in [9.17, 15) is 13.6 Å². The number of esters is 1. The molecular formula is C31H27F2N3O4. The molecule has 7 nitrogen and oxygen atoms in total. The molecule has 1 aromatic heterocycles. The maximum atomic E-state index is 15.1. The summed E-state index contributed by atoms with van der Waals surface area (Å²) < 4.78 is 40.0. The van der Waals surface area contributed by atoms with Crippen LogP contribution in [0.4, 0.5) is 20.2 Å². The van der Waals surface area contributed by atoms with Gasteiger partial charge in [0, 0.05) is 31.9 Å². The van der Waals surface area contributed by atoms with Crippen molar-refractivity contribution in [1.82, 2.24) is 4.98 Å². The third-order valence-corrected chi connectivity index (χ3v) is 7.05. The van der Waals surface area contributed by atoms with Crippen LogP contribution in [0, 0.1) is 11.6 Å². The smallest absolute Gasteiger partial charge is 0.340 e. The number of methoxy groups -OCH3 is 1. The summed E-state index contributed by atoms with van der Waals surface area (Å²) in [5.41, 5.74) is 0.180. The zero-order chi connectivity index (χ0) is 28.3. The van der Waals surface area contributed by atoms with E-state index < -0.39 is 29.0 Å². The number of anilines is 2. The van der Waals surface area contributed by atoms with Gasteiger partial charge in [-0.1, -0.05) is 60.7 Å². The van der Waals surface area contributed by atoms with Gasteiger partial charge >= 0.3 is 5.97 Å². The van der Waals surface area contributed by atoms with Crippen molar-refractivity contribution < 1.29 is 27.8 Å². The lowest BCUT2D eigenvalue weighted by atomic mass is 9.79. The van der Waals surface area contributed by atoms with Crippen LogP contribution in [-0.2, 0) is 15.1 Å². The maximum Gasteiger partial charge on any atom is 0.340 e. The van der Waals surface area contributed by atoms with Crippen molar-refractivity contribution in [3.63, 3.8) is 0 Å². The number of pyridine rings is 1. The van der Waals surface area contributed by atoms with Crippen LogP contribution in [0.25, 0.3) is 0 Å². The van der Waals surface area contributed by atoms with E-state index in [2.05, 4.69) is 4.98 Å². The van der Waals surface area contributed by atoms with Gasteiger partial charge in [0.05, 0.1) is 36.9 Å². The number of halogens is 2. The molecule has 5 rings (SSSR count). The van der Waals surface area contributed by atoms with Crippen molar-refractivity contribution in [3.05, 3.63) is 120 Å². The molecule has 0 spiro atoms. The number of amides is 1.